The number of H-pyrrole nitrogens is 2. The zero-order valence-corrected chi connectivity index (χ0v) is 16.5. The summed E-state index contributed by atoms with van der Waals surface area (Å²) in [5.41, 5.74) is 4.96. The minimum absolute atomic E-state index is 0.268. The van der Waals surface area contributed by atoms with Crippen molar-refractivity contribution in [1.29, 1.82) is 0 Å². The summed E-state index contributed by atoms with van der Waals surface area (Å²) in [6.07, 6.45) is 6.54. The van der Waals surface area contributed by atoms with Crippen LogP contribution in [0.5, 0.6) is 0 Å². The molecule has 2 aliphatic heterocycles. The highest BCUT2D eigenvalue weighted by Gasteiger charge is 2.19. The van der Waals surface area contributed by atoms with Gasteiger partial charge in [0.05, 0.1) is 11.4 Å². The number of hydrogen-bond acceptors (Lipinski definition) is 5. The number of aryl methyl sites for hydroxylation is 1. The summed E-state index contributed by atoms with van der Waals surface area (Å²) >= 11 is 0. The number of aromatic amines is 2. The number of benzene rings is 1. The van der Waals surface area contributed by atoms with Gasteiger partial charge in [-0.1, -0.05) is 24.3 Å². The molecule has 0 spiro atoms. The van der Waals surface area contributed by atoms with E-state index < -0.39 is 0 Å². The van der Waals surface area contributed by atoms with Crippen LogP contribution in [0.1, 0.15) is 49.4 Å². The number of imidazole rings is 1. The van der Waals surface area contributed by atoms with Gasteiger partial charge in [-0.05, 0) is 56.6 Å². The first-order valence-electron chi connectivity index (χ1n) is 10.7. The zero-order valence-electron chi connectivity index (χ0n) is 16.5. The van der Waals surface area contributed by atoms with E-state index in [4.69, 9.17) is 14.7 Å². The second-order valence-corrected chi connectivity index (χ2v) is 8.16. The van der Waals surface area contributed by atoms with Crippen LogP contribution in [0.25, 0.3) is 22.6 Å². The fraction of sp³-hybridized carbons (Fsp3) is 0.500. The van der Waals surface area contributed by atoms with Gasteiger partial charge in [0.2, 0.25) is 0 Å². The van der Waals surface area contributed by atoms with Crippen molar-refractivity contribution in [2.24, 2.45) is 5.92 Å². The van der Waals surface area contributed by atoms with Crippen molar-refractivity contribution in [1.82, 2.24) is 25.3 Å². The van der Waals surface area contributed by atoms with Crippen molar-refractivity contribution in [2.75, 3.05) is 19.8 Å². The molecule has 1 aromatic carbocycles. The lowest BCUT2D eigenvalue weighted by atomic mass is 9.93. The highest BCUT2D eigenvalue weighted by Crippen LogP contribution is 2.29. The SMILES string of the molecule is O=c1[nH]c2nc(CCC3CCOCC3)c(-c3ccc(C4CCCN4)cc3)nc2[nH]1. The Hall–Kier alpha value is -2.51. The smallest absolute Gasteiger partial charge is 0.326 e. The van der Waals surface area contributed by atoms with Crippen LogP contribution >= 0.6 is 0 Å². The molecule has 3 aromatic rings. The lowest BCUT2D eigenvalue weighted by Crippen LogP contribution is -2.16. The summed E-state index contributed by atoms with van der Waals surface area (Å²) < 4.78 is 5.48. The molecule has 2 saturated heterocycles. The quantitative estimate of drug-likeness (QED) is 0.619. The third-order valence-electron chi connectivity index (χ3n) is 6.21. The van der Waals surface area contributed by atoms with E-state index in [1.54, 1.807) is 0 Å². The van der Waals surface area contributed by atoms with Crippen LogP contribution in [-0.4, -0.2) is 39.7 Å². The van der Waals surface area contributed by atoms with Gasteiger partial charge in [-0.15, -0.1) is 0 Å². The lowest BCUT2D eigenvalue weighted by Gasteiger charge is -2.22. The van der Waals surface area contributed by atoms with Crippen molar-refractivity contribution < 1.29 is 4.74 Å². The van der Waals surface area contributed by atoms with Crippen LogP contribution in [-0.2, 0) is 11.2 Å². The molecule has 1 unspecified atom stereocenters. The van der Waals surface area contributed by atoms with Gasteiger partial charge in [0, 0.05) is 24.8 Å². The van der Waals surface area contributed by atoms with Gasteiger partial charge in [0.15, 0.2) is 11.3 Å². The standard InChI is InChI=1S/C22H27N5O2/c28-22-26-20-21(27-22)25-19(18(24-20)8-3-14-9-12-29-13-10-14)16-6-4-15(5-7-16)17-2-1-11-23-17/h4-7,14,17,23H,1-3,8-13H2,(H2,24,25,26,27,28). The molecule has 0 amide bonds. The van der Waals surface area contributed by atoms with Gasteiger partial charge in [0.25, 0.3) is 0 Å². The van der Waals surface area contributed by atoms with Gasteiger partial charge in [-0.2, -0.15) is 0 Å². The summed E-state index contributed by atoms with van der Waals surface area (Å²) in [7, 11) is 0. The average Bonchev–Trinajstić information content (AvgIpc) is 3.41. The molecule has 0 radical (unpaired) electrons. The molecule has 7 nitrogen and oxygen atoms in total. The van der Waals surface area contributed by atoms with Gasteiger partial charge in [-0.3, -0.25) is 9.97 Å². The third-order valence-corrected chi connectivity index (χ3v) is 6.21. The molecule has 0 saturated carbocycles. The Morgan fingerprint density at radius 1 is 1.00 bits per heavy atom. The van der Waals surface area contributed by atoms with Crippen LogP contribution in [0.15, 0.2) is 29.1 Å². The van der Waals surface area contributed by atoms with E-state index in [-0.39, 0.29) is 5.69 Å². The van der Waals surface area contributed by atoms with E-state index in [1.807, 2.05) is 0 Å². The molecule has 3 N–H and O–H groups in total. The van der Waals surface area contributed by atoms with E-state index >= 15 is 0 Å². The predicted octanol–water partition coefficient (Wildman–Crippen LogP) is 3.10. The molecule has 1 atom stereocenters. The van der Waals surface area contributed by atoms with E-state index in [0.717, 1.165) is 62.4 Å². The Kier molecular flexibility index (Phi) is 5.16. The van der Waals surface area contributed by atoms with E-state index in [0.29, 0.717) is 23.3 Å². The van der Waals surface area contributed by atoms with Crippen molar-refractivity contribution in [3.05, 3.63) is 46.0 Å². The van der Waals surface area contributed by atoms with Gasteiger partial charge in [-0.25, -0.2) is 14.8 Å². The molecule has 2 aromatic heterocycles. The first-order valence-corrected chi connectivity index (χ1v) is 10.7. The largest absolute Gasteiger partial charge is 0.381 e. The molecular formula is C22H27N5O2. The molecule has 2 fully saturated rings. The summed E-state index contributed by atoms with van der Waals surface area (Å²) in [6, 6.07) is 9.09. The molecule has 0 aliphatic carbocycles. The average molecular weight is 393 g/mol. The zero-order chi connectivity index (χ0) is 19.6. The van der Waals surface area contributed by atoms with Crippen molar-refractivity contribution >= 4 is 11.3 Å². The minimum Gasteiger partial charge on any atom is -0.381 e. The van der Waals surface area contributed by atoms with Crippen LogP contribution < -0.4 is 11.0 Å². The Labute approximate surface area is 169 Å². The summed E-state index contributed by atoms with van der Waals surface area (Å²) in [5.74, 6) is 0.662. The maximum atomic E-state index is 11.7. The molecule has 5 rings (SSSR count). The number of hydrogen-bond donors (Lipinski definition) is 3. The fourth-order valence-electron chi connectivity index (χ4n) is 4.51. The summed E-state index contributed by atoms with van der Waals surface area (Å²) in [6.45, 7) is 2.79. The Morgan fingerprint density at radius 3 is 2.48 bits per heavy atom. The van der Waals surface area contributed by atoms with E-state index in [1.165, 1.54) is 18.4 Å². The Bertz CT molecular complexity index is 1030. The second kappa shape index (κ2) is 8.08. The summed E-state index contributed by atoms with van der Waals surface area (Å²) in [5, 5.41) is 3.55. The monoisotopic (exact) mass is 393 g/mol. The molecule has 0 bridgehead atoms. The molecule has 29 heavy (non-hydrogen) atoms. The number of rotatable bonds is 5. The van der Waals surface area contributed by atoms with Crippen LogP contribution in [0, 0.1) is 5.92 Å². The van der Waals surface area contributed by atoms with E-state index in [2.05, 4.69) is 39.6 Å². The van der Waals surface area contributed by atoms with Crippen LogP contribution in [0.4, 0.5) is 0 Å². The highest BCUT2D eigenvalue weighted by atomic mass is 16.5. The molecular weight excluding hydrogens is 366 g/mol. The maximum absolute atomic E-state index is 11.7. The second-order valence-electron chi connectivity index (χ2n) is 8.16. The summed E-state index contributed by atoms with van der Waals surface area (Å²) in [4.78, 5) is 26.8. The van der Waals surface area contributed by atoms with Crippen molar-refractivity contribution in [3.8, 4) is 11.3 Å². The number of nitrogens with one attached hydrogen (secondary N) is 3. The first-order chi connectivity index (χ1) is 14.3. The van der Waals surface area contributed by atoms with Gasteiger partial charge in [0.1, 0.15) is 0 Å². The number of ether oxygens (including phenoxy) is 1. The lowest BCUT2D eigenvalue weighted by molar-refractivity contribution is 0.0639. The highest BCUT2D eigenvalue weighted by molar-refractivity contribution is 5.72. The van der Waals surface area contributed by atoms with Gasteiger partial charge >= 0.3 is 5.69 Å². The van der Waals surface area contributed by atoms with Crippen molar-refractivity contribution in [2.45, 2.75) is 44.6 Å². The van der Waals surface area contributed by atoms with Gasteiger partial charge < -0.3 is 10.1 Å². The van der Waals surface area contributed by atoms with Crippen LogP contribution in [0.2, 0.25) is 0 Å². The number of nitrogens with zero attached hydrogens (tertiary/aromatic N) is 2. The molecule has 152 valence electrons. The van der Waals surface area contributed by atoms with Crippen molar-refractivity contribution in [3.63, 3.8) is 0 Å². The number of aromatic nitrogens is 4. The topological polar surface area (TPSA) is 95.7 Å². The Balaban J connectivity index is 1.46. The maximum Gasteiger partial charge on any atom is 0.326 e. The normalized spacial score (nSPS) is 20.5. The number of fused-ring (bicyclic) bond motifs is 1. The Morgan fingerprint density at radius 2 is 1.76 bits per heavy atom. The molecule has 7 heteroatoms. The fourth-order valence-corrected chi connectivity index (χ4v) is 4.51. The van der Waals surface area contributed by atoms with E-state index in [9.17, 15) is 4.79 Å². The third kappa shape index (κ3) is 3.97. The molecule has 4 heterocycles. The predicted molar refractivity (Wildman–Crippen MR) is 112 cm³/mol. The first kappa shape index (κ1) is 18.5. The molecule has 2 aliphatic rings. The minimum atomic E-state index is -0.268. The van der Waals surface area contributed by atoms with Crippen LogP contribution in [0.3, 0.4) is 0 Å².